The fraction of sp³-hybridized carbons (Fsp3) is 0.0909. The summed E-state index contributed by atoms with van der Waals surface area (Å²) in [5.41, 5.74) is 6.15. The lowest BCUT2D eigenvalue weighted by Gasteiger charge is -2.06. The van der Waals surface area contributed by atoms with Gasteiger partial charge in [0.15, 0.2) is 11.6 Å². The van der Waals surface area contributed by atoms with E-state index < -0.39 is 5.82 Å². The minimum Gasteiger partial charge on any atom is -0.368 e. The molecule has 0 fully saturated rings. The molecule has 1 heterocycles. The van der Waals surface area contributed by atoms with E-state index in [2.05, 4.69) is 15.3 Å². The van der Waals surface area contributed by atoms with Crippen molar-refractivity contribution in [1.82, 2.24) is 9.97 Å². The van der Waals surface area contributed by atoms with Crippen LogP contribution in [0.15, 0.2) is 30.5 Å². The van der Waals surface area contributed by atoms with E-state index in [9.17, 15) is 8.78 Å². The highest BCUT2D eigenvalue weighted by Gasteiger charge is 2.04. The van der Waals surface area contributed by atoms with E-state index in [4.69, 9.17) is 5.73 Å². The average Bonchev–Trinajstić information content (AvgIpc) is 2.32. The van der Waals surface area contributed by atoms with Gasteiger partial charge in [0.1, 0.15) is 5.82 Å². The van der Waals surface area contributed by atoms with Crippen molar-refractivity contribution in [2.75, 3.05) is 11.1 Å². The molecular formula is C11H10F2N4. The summed E-state index contributed by atoms with van der Waals surface area (Å²) in [6.45, 7) is 0.327. The summed E-state index contributed by atoms with van der Waals surface area (Å²) in [4.78, 5) is 7.22. The second-order valence-electron chi connectivity index (χ2n) is 3.40. The maximum atomic E-state index is 13.2. The van der Waals surface area contributed by atoms with Gasteiger partial charge in [-0.25, -0.2) is 13.8 Å². The zero-order chi connectivity index (χ0) is 12.3. The average molecular weight is 236 g/mol. The fourth-order valence-electron chi connectivity index (χ4n) is 1.29. The summed E-state index contributed by atoms with van der Waals surface area (Å²) in [6, 6.07) is 5.87. The van der Waals surface area contributed by atoms with Gasteiger partial charge in [-0.3, -0.25) is 0 Å². The van der Waals surface area contributed by atoms with E-state index in [-0.39, 0.29) is 17.6 Å². The molecule has 1 aromatic heterocycles. The highest BCUT2D eigenvalue weighted by Crippen LogP contribution is 2.12. The summed E-state index contributed by atoms with van der Waals surface area (Å²) in [5, 5.41) is 2.76. The van der Waals surface area contributed by atoms with Gasteiger partial charge in [-0.15, -0.1) is 0 Å². The molecule has 2 aromatic rings. The largest absolute Gasteiger partial charge is 0.368 e. The number of nitrogen functional groups attached to an aromatic ring is 1. The lowest BCUT2D eigenvalue weighted by molar-refractivity contribution is 0.617. The first kappa shape index (κ1) is 11.3. The van der Waals surface area contributed by atoms with Crippen LogP contribution in [0.1, 0.15) is 5.56 Å². The predicted molar refractivity (Wildman–Crippen MR) is 60.1 cm³/mol. The lowest BCUT2D eigenvalue weighted by atomic mass is 10.2. The van der Waals surface area contributed by atoms with Crippen molar-refractivity contribution in [2.24, 2.45) is 0 Å². The maximum absolute atomic E-state index is 13.2. The van der Waals surface area contributed by atoms with Gasteiger partial charge in [0, 0.05) is 6.54 Å². The molecule has 2 rings (SSSR count). The molecule has 0 saturated heterocycles. The molecule has 0 aliphatic heterocycles. The molecule has 1 aromatic carbocycles. The van der Waals surface area contributed by atoms with Crippen LogP contribution in [-0.2, 0) is 6.54 Å². The van der Waals surface area contributed by atoms with Crippen LogP contribution in [0.4, 0.5) is 20.5 Å². The van der Waals surface area contributed by atoms with Crippen molar-refractivity contribution in [2.45, 2.75) is 6.54 Å². The number of anilines is 2. The third-order valence-electron chi connectivity index (χ3n) is 2.14. The minimum atomic E-state index is -0.582. The summed E-state index contributed by atoms with van der Waals surface area (Å²) in [5.74, 6) is -0.873. The van der Waals surface area contributed by atoms with Gasteiger partial charge in [0.05, 0.1) is 6.20 Å². The monoisotopic (exact) mass is 236 g/mol. The van der Waals surface area contributed by atoms with Crippen LogP contribution in [0.25, 0.3) is 0 Å². The molecule has 0 spiro atoms. The Labute approximate surface area is 96.5 Å². The van der Waals surface area contributed by atoms with Gasteiger partial charge < -0.3 is 11.1 Å². The zero-order valence-electron chi connectivity index (χ0n) is 8.82. The first-order valence-corrected chi connectivity index (χ1v) is 4.91. The third kappa shape index (κ3) is 2.87. The number of halogens is 2. The van der Waals surface area contributed by atoms with Gasteiger partial charge in [-0.1, -0.05) is 12.1 Å². The molecule has 0 saturated carbocycles. The van der Waals surface area contributed by atoms with Crippen molar-refractivity contribution in [3.8, 4) is 0 Å². The Bertz CT molecular complexity index is 513. The molecule has 0 radical (unpaired) electrons. The Morgan fingerprint density at radius 2 is 1.88 bits per heavy atom. The first-order chi connectivity index (χ1) is 8.15. The smallest absolute Gasteiger partial charge is 0.222 e. The van der Waals surface area contributed by atoms with Crippen LogP contribution in [-0.4, -0.2) is 9.97 Å². The van der Waals surface area contributed by atoms with Crippen LogP contribution in [0.5, 0.6) is 0 Å². The SMILES string of the molecule is Nc1ncc(F)c(NCc2ccc(F)cc2)n1. The van der Waals surface area contributed by atoms with E-state index in [0.29, 0.717) is 6.54 Å². The Hall–Kier alpha value is -2.24. The molecule has 4 nitrogen and oxygen atoms in total. The molecule has 88 valence electrons. The Kier molecular flexibility index (Phi) is 3.13. The summed E-state index contributed by atoms with van der Waals surface area (Å²) >= 11 is 0. The number of rotatable bonds is 3. The van der Waals surface area contributed by atoms with Gasteiger partial charge in [-0.05, 0) is 17.7 Å². The maximum Gasteiger partial charge on any atom is 0.222 e. The molecule has 0 amide bonds. The fourth-order valence-corrected chi connectivity index (χ4v) is 1.29. The number of benzene rings is 1. The van der Waals surface area contributed by atoms with E-state index in [1.54, 1.807) is 12.1 Å². The molecule has 0 aliphatic carbocycles. The highest BCUT2D eigenvalue weighted by atomic mass is 19.1. The minimum absolute atomic E-state index is 0.00648. The van der Waals surface area contributed by atoms with E-state index in [1.807, 2.05) is 0 Å². The van der Waals surface area contributed by atoms with Crippen LogP contribution in [0.2, 0.25) is 0 Å². The normalized spacial score (nSPS) is 10.2. The first-order valence-electron chi connectivity index (χ1n) is 4.91. The molecule has 6 heteroatoms. The summed E-state index contributed by atoms with van der Waals surface area (Å²) < 4.78 is 25.9. The van der Waals surface area contributed by atoms with Crippen molar-refractivity contribution in [3.05, 3.63) is 47.7 Å². The van der Waals surface area contributed by atoms with Crippen LogP contribution in [0, 0.1) is 11.6 Å². The van der Waals surface area contributed by atoms with Crippen molar-refractivity contribution in [1.29, 1.82) is 0 Å². The molecular weight excluding hydrogens is 226 g/mol. The molecule has 17 heavy (non-hydrogen) atoms. The molecule has 0 unspecified atom stereocenters. The van der Waals surface area contributed by atoms with Gasteiger partial charge in [0.2, 0.25) is 5.95 Å². The van der Waals surface area contributed by atoms with Crippen LogP contribution in [0.3, 0.4) is 0 Å². The second-order valence-corrected chi connectivity index (χ2v) is 3.40. The van der Waals surface area contributed by atoms with Crippen molar-refractivity contribution < 1.29 is 8.78 Å². The number of hydrogen-bond donors (Lipinski definition) is 2. The van der Waals surface area contributed by atoms with Crippen molar-refractivity contribution in [3.63, 3.8) is 0 Å². The number of nitrogens with two attached hydrogens (primary N) is 1. The number of aromatic nitrogens is 2. The predicted octanol–water partition coefficient (Wildman–Crippen LogP) is 1.95. The van der Waals surface area contributed by atoms with E-state index >= 15 is 0 Å². The van der Waals surface area contributed by atoms with Gasteiger partial charge in [-0.2, -0.15) is 4.98 Å². The number of nitrogens with one attached hydrogen (secondary N) is 1. The second kappa shape index (κ2) is 4.73. The van der Waals surface area contributed by atoms with Crippen LogP contribution < -0.4 is 11.1 Å². The molecule has 0 atom stereocenters. The highest BCUT2D eigenvalue weighted by molar-refractivity contribution is 5.39. The summed E-state index contributed by atoms with van der Waals surface area (Å²) in [6.07, 6.45) is 0.995. The topological polar surface area (TPSA) is 63.8 Å². The van der Waals surface area contributed by atoms with Crippen LogP contribution >= 0.6 is 0 Å². The standard InChI is InChI=1S/C11H10F2N4/c12-8-3-1-7(2-4-8)5-15-10-9(13)6-16-11(14)17-10/h1-4,6H,5H2,(H3,14,15,16,17). The summed E-state index contributed by atoms with van der Waals surface area (Å²) in [7, 11) is 0. The third-order valence-corrected chi connectivity index (χ3v) is 2.14. The molecule has 0 bridgehead atoms. The Balaban J connectivity index is 2.07. The number of hydrogen-bond acceptors (Lipinski definition) is 4. The van der Waals surface area contributed by atoms with Gasteiger partial charge in [0.25, 0.3) is 0 Å². The quantitative estimate of drug-likeness (QED) is 0.854. The van der Waals surface area contributed by atoms with E-state index in [1.165, 1.54) is 12.1 Å². The lowest BCUT2D eigenvalue weighted by Crippen LogP contribution is -2.06. The Morgan fingerprint density at radius 1 is 1.18 bits per heavy atom. The zero-order valence-corrected chi connectivity index (χ0v) is 8.82. The van der Waals surface area contributed by atoms with E-state index in [0.717, 1.165) is 11.8 Å². The Morgan fingerprint density at radius 3 is 2.59 bits per heavy atom. The van der Waals surface area contributed by atoms with Crippen molar-refractivity contribution >= 4 is 11.8 Å². The molecule has 0 aliphatic rings. The molecule has 3 N–H and O–H groups in total. The van der Waals surface area contributed by atoms with Gasteiger partial charge >= 0.3 is 0 Å². The number of nitrogens with zero attached hydrogens (tertiary/aromatic N) is 2.